The van der Waals surface area contributed by atoms with Gasteiger partial charge in [-0.05, 0) is 24.0 Å². The number of nitrogens with one attached hydrogen (secondary N) is 4. The second-order valence-corrected chi connectivity index (χ2v) is 13.7. The number of benzene rings is 2. The van der Waals surface area contributed by atoms with Gasteiger partial charge in [0.25, 0.3) is 11.8 Å². The maximum atomic E-state index is 13.1. The van der Waals surface area contributed by atoms with Gasteiger partial charge in [-0.15, -0.1) is 0 Å². The van der Waals surface area contributed by atoms with Crippen LogP contribution < -0.4 is 27.2 Å². The molecule has 1 unspecified atom stereocenters. The Kier molecular flexibility index (Phi) is 24.5. The molecule has 0 radical (unpaired) electrons. The summed E-state index contributed by atoms with van der Waals surface area (Å²) in [6.45, 7) is -3.06. The molecule has 0 aromatic heterocycles. The SMILES string of the molecule is N[C@H](CCc1ccccc1)C(=O)NNC(=O)C(Cc1ccccc1)NC(=O)COCCOCCNC(=O)CN(CCN(CC(=O)O)CC(=O)O)CCN(CC(=O)O)CC(=O)O. The Morgan fingerprint density at radius 1 is 0.574 bits per heavy atom. The number of carboxylic acids is 4. The van der Waals surface area contributed by atoms with Crippen LogP contribution in [0.1, 0.15) is 17.5 Å². The smallest absolute Gasteiger partial charge is 0.317 e. The number of nitrogens with two attached hydrogens (primary N) is 1. The number of carbonyl (C=O) groups excluding carboxylic acids is 4. The molecular formula is C39H56N8O14. The normalized spacial score (nSPS) is 12.1. The Balaban J connectivity index is 1.80. The van der Waals surface area contributed by atoms with Crippen LogP contribution in [0.3, 0.4) is 0 Å². The molecule has 2 atom stereocenters. The van der Waals surface area contributed by atoms with E-state index in [-0.39, 0.29) is 65.5 Å². The molecule has 10 N–H and O–H groups in total. The average molecular weight is 861 g/mol. The standard InChI is InChI=1S/C39H56N8O14/c40-30(12-11-28-7-3-1-4-8-28)38(58)43-44-39(59)31(21-29-9-5-2-6-10-29)42-33(49)27-61-20-19-60-18-13-41-32(48)22-45(14-16-46(23-34(50)51)24-35(52)53)15-17-47(25-36(54)55)26-37(56)57/h1-10,30-31H,11-27,40H2,(H,41,48)(H,42,49)(H,43,58)(H,44,59)(H,50,51)(H,52,53)(H,54,55)(H,56,57)/t30-,31?/m1/s1. The van der Waals surface area contributed by atoms with Crippen LogP contribution in [0.15, 0.2) is 60.7 Å². The molecule has 0 aliphatic carbocycles. The summed E-state index contributed by atoms with van der Waals surface area (Å²) in [6.07, 6.45) is 1.02. The number of hydrogen-bond donors (Lipinski definition) is 9. The summed E-state index contributed by atoms with van der Waals surface area (Å²) in [6, 6.07) is 16.4. The van der Waals surface area contributed by atoms with E-state index in [9.17, 15) is 38.4 Å². The highest BCUT2D eigenvalue weighted by molar-refractivity contribution is 5.90. The first-order valence-electron chi connectivity index (χ1n) is 19.3. The molecule has 0 fully saturated rings. The first kappa shape index (κ1) is 51.1. The van der Waals surface area contributed by atoms with Gasteiger partial charge in [0, 0.05) is 39.1 Å². The van der Waals surface area contributed by atoms with E-state index in [4.69, 9.17) is 35.6 Å². The number of nitrogens with zero attached hydrogens (tertiary/aromatic N) is 3. The van der Waals surface area contributed by atoms with Crippen molar-refractivity contribution in [3.05, 3.63) is 71.8 Å². The topological polar surface area (TPSA) is 320 Å². The third kappa shape index (κ3) is 24.6. The van der Waals surface area contributed by atoms with Gasteiger partial charge >= 0.3 is 23.9 Å². The third-order valence-corrected chi connectivity index (χ3v) is 8.61. The zero-order valence-electron chi connectivity index (χ0n) is 33.7. The predicted octanol–water partition coefficient (Wildman–Crippen LogP) is -2.78. The lowest BCUT2D eigenvalue weighted by molar-refractivity contribution is -0.143. The van der Waals surface area contributed by atoms with Crippen molar-refractivity contribution < 1.29 is 68.3 Å². The minimum absolute atomic E-state index is 0.00188. The number of rotatable bonds is 32. The van der Waals surface area contributed by atoms with Crippen molar-refractivity contribution in [2.24, 2.45) is 5.73 Å². The van der Waals surface area contributed by atoms with Gasteiger partial charge in [0.15, 0.2) is 0 Å². The van der Waals surface area contributed by atoms with Gasteiger partial charge in [-0.3, -0.25) is 63.9 Å². The molecule has 2 rings (SSSR count). The molecule has 0 aliphatic rings. The molecule has 4 amide bonds. The zero-order valence-corrected chi connectivity index (χ0v) is 33.7. The highest BCUT2D eigenvalue weighted by Crippen LogP contribution is 2.06. The highest BCUT2D eigenvalue weighted by atomic mass is 16.5. The van der Waals surface area contributed by atoms with Crippen molar-refractivity contribution in [1.82, 2.24) is 36.2 Å². The largest absolute Gasteiger partial charge is 0.480 e. The average Bonchev–Trinajstić information content (AvgIpc) is 3.20. The third-order valence-electron chi connectivity index (χ3n) is 8.61. The van der Waals surface area contributed by atoms with Crippen molar-refractivity contribution >= 4 is 47.5 Å². The number of hydrogen-bond acceptors (Lipinski definition) is 14. The fraction of sp³-hybridized carbons (Fsp3) is 0.487. The fourth-order valence-electron chi connectivity index (χ4n) is 5.63. The molecule has 61 heavy (non-hydrogen) atoms. The van der Waals surface area contributed by atoms with E-state index < -0.39 is 92.4 Å². The number of hydrazine groups is 1. The molecule has 2 aromatic rings. The van der Waals surface area contributed by atoms with Gasteiger partial charge < -0.3 is 46.3 Å². The summed E-state index contributed by atoms with van der Waals surface area (Å²) < 4.78 is 10.8. The second-order valence-electron chi connectivity index (χ2n) is 13.7. The molecular weight excluding hydrogens is 804 g/mol. The van der Waals surface area contributed by atoms with E-state index in [0.29, 0.717) is 12.8 Å². The molecule has 22 heteroatoms. The number of aliphatic carboxylic acids is 4. The van der Waals surface area contributed by atoms with Crippen LogP contribution in [0.25, 0.3) is 0 Å². The van der Waals surface area contributed by atoms with Crippen LogP contribution in [0.5, 0.6) is 0 Å². The number of ether oxygens (including phenoxy) is 2. The minimum atomic E-state index is -1.26. The number of aryl methyl sites for hydroxylation is 1. The molecule has 0 saturated heterocycles. The lowest BCUT2D eigenvalue weighted by Crippen LogP contribution is -2.56. The van der Waals surface area contributed by atoms with Crippen molar-refractivity contribution in [2.75, 3.05) is 91.9 Å². The highest BCUT2D eigenvalue weighted by Gasteiger charge is 2.24. The number of carbonyl (C=O) groups is 8. The van der Waals surface area contributed by atoms with Gasteiger partial charge in [0.05, 0.1) is 58.6 Å². The van der Waals surface area contributed by atoms with E-state index in [0.717, 1.165) is 20.9 Å². The van der Waals surface area contributed by atoms with Crippen molar-refractivity contribution in [2.45, 2.75) is 31.3 Å². The van der Waals surface area contributed by atoms with Crippen LogP contribution in [0.2, 0.25) is 0 Å². The predicted molar refractivity (Wildman–Crippen MR) is 216 cm³/mol. The van der Waals surface area contributed by atoms with E-state index in [1.54, 1.807) is 30.3 Å². The van der Waals surface area contributed by atoms with Crippen molar-refractivity contribution in [3.8, 4) is 0 Å². The molecule has 0 spiro atoms. The van der Waals surface area contributed by atoms with Crippen LogP contribution in [0, 0.1) is 0 Å². The summed E-state index contributed by atoms with van der Waals surface area (Å²) in [4.78, 5) is 99.8. The van der Waals surface area contributed by atoms with Gasteiger partial charge in [-0.25, -0.2) is 0 Å². The van der Waals surface area contributed by atoms with Crippen molar-refractivity contribution in [3.63, 3.8) is 0 Å². The maximum Gasteiger partial charge on any atom is 0.317 e. The Labute approximate surface area is 352 Å². The van der Waals surface area contributed by atoms with Gasteiger partial charge in [0.1, 0.15) is 12.6 Å². The summed E-state index contributed by atoms with van der Waals surface area (Å²) in [5.74, 6) is -7.43. The van der Waals surface area contributed by atoms with Gasteiger partial charge in [0.2, 0.25) is 11.8 Å². The van der Waals surface area contributed by atoms with E-state index in [1.165, 1.54) is 4.90 Å². The van der Waals surface area contributed by atoms with E-state index in [1.807, 2.05) is 30.3 Å². The molecule has 2 aromatic carbocycles. The van der Waals surface area contributed by atoms with Crippen LogP contribution in [0.4, 0.5) is 0 Å². The monoisotopic (exact) mass is 860 g/mol. The summed E-state index contributed by atoms with van der Waals surface area (Å²) in [5.41, 5.74) is 12.4. The Morgan fingerprint density at radius 3 is 1.57 bits per heavy atom. The quantitative estimate of drug-likeness (QED) is 0.0265. The Bertz CT molecular complexity index is 1630. The molecule has 0 bridgehead atoms. The first-order chi connectivity index (χ1) is 29.1. The summed E-state index contributed by atoms with van der Waals surface area (Å²) >= 11 is 0. The number of carboxylic acid groups (broad SMARTS) is 4. The maximum absolute atomic E-state index is 13.1. The molecule has 0 saturated carbocycles. The zero-order chi connectivity index (χ0) is 45.0. The Morgan fingerprint density at radius 2 is 1.05 bits per heavy atom. The first-order valence-corrected chi connectivity index (χ1v) is 19.3. The number of amides is 4. The van der Waals surface area contributed by atoms with E-state index in [2.05, 4.69) is 21.5 Å². The molecule has 0 aliphatic heterocycles. The summed E-state index contributed by atoms with van der Waals surface area (Å²) in [7, 11) is 0. The molecule has 336 valence electrons. The Hall–Kier alpha value is -6.04. The molecule has 22 nitrogen and oxygen atoms in total. The van der Waals surface area contributed by atoms with E-state index >= 15 is 0 Å². The second kappa shape index (κ2) is 29.2. The lowest BCUT2D eigenvalue weighted by Gasteiger charge is -2.28. The van der Waals surface area contributed by atoms with Gasteiger partial charge in [-0.2, -0.15) is 0 Å². The summed E-state index contributed by atoms with van der Waals surface area (Å²) in [5, 5.41) is 41.8. The minimum Gasteiger partial charge on any atom is -0.480 e. The lowest BCUT2D eigenvalue weighted by atomic mass is 10.1. The van der Waals surface area contributed by atoms with Crippen LogP contribution in [-0.2, 0) is 60.7 Å². The van der Waals surface area contributed by atoms with Crippen LogP contribution in [-0.4, -0.2) is 187 Å². The fourth-order valence-corrected chi connectivity index (χ4v) is 5.63. The van der Waals surface area contributed by atoms with Crippen LogP contribution >= 0.6 is 0 Å². The molecule has 0 heterocycles. The van der Waals surface area contributed by atoms with Crippen molar-refractivity contribution in [1.29, 1.82) is 0 Å². The van der Waals surface area contributed by atoms with Gasteiger partial charge in [-0.1, -0.05) is 60.7 Å².